The minimum Gasteiger partial charge on any atom is -0.482 e. The van der Waals surface area contributed by atoms with Gasteiger partial charge in [0.05, 0.1) is 0 Å². The molecule has 2 rings (SSSR count). The lowest BCUT2D eigenvalue weighted by atomic mass is 10.2. The van der Waals surface area contributed by atoms with E-state index in [2.05, 4.69) is 0 Å². The minimum atomic E-state index is -1.02. The van der Waals surface area contributed by atoms with Crippen LogP contribution in [0.3, 0.4) is 0 Å². The van der Waals surface area contributed by atoms with Crippen molar-refractivity contribution < 1.29 is 19.4 Å². The minimum absolute atomic E-state index is 0.0568. The van der Waals surface area contributed by atoms with Gasteiger partial charge in [0.25, 0.3) is 5.91 Å². The summed E-state index contributed by atoms with van der Waals surface area (Å²) in [4.78, 5) is 24.3. The Hall–Kier alpha value is -2.76. The van der Waals surface area contributed by atoms with Crippen LogP contribution in [0, 0.1) is 0 Å². The number of ether oxygens (including phenoxy) is 1. The van der Waals surface area contributed by atoms with Crippen LogP contribution in [-0.2, 0) is 18.4 Å². The van der Waals surface area contributed by atoms with Gasteiger partial charge in [-0.3, -0.25) is 4.79 Å². The summed E-state index contributed by atoms with van der Waals surface area (Å²) in [6, 6.07) is 10.6. The first kappa shape index (κ1) is 15.6. The van der Waals surface area contributed by atoms with Crippen molar-refractivity contribution in [3.8, 4) is 5.75 Å². The lowest BCUT2D eigenvalue weighted by Crippen LogP contribution is -2.27. The second-order valence-electron chi connectivity index (χ2n) is 4.99. The topological polar surface area (TPSA) is 71.8 Å². The molecule has 0 aliphatic rings. The van der Waals surface area contributed by atoms with Gasteiger partial charge in [-0.1, -0.05) is 12.1 Å². The Bertz CT molecular complexity index is 661. The average molecular weight is 302 g/mol. The van der Waals surface area contributed by atoms with Crippen LogP contribution >= 0.6 is 0 Å². The number of hydrogen-bond acceptors (Lipinski definition) is 3. The normalized spacial score (nSPS) is 10.3. The zero-order valence-corrected chi connectivity index (χ0v) is 12.5. The first-order chi connectivity index (χ1) is 10.5. The molecule has 6 heteroatoms. The summed E-state index contributed by atoms with van der Waals surface area (Å²) in [7, 11) is 3.57. The second-order valence-corrected chi connectivity index (χ2v) is 4.99. The number of amides is 1. The fourth-order valence-corrected chi connectivity index (χ4v) is 2.06. The van der Waals surface area contributed by atoms with Crippen molar-refractivity contribution in [2.24, 2.45) is 7.05 Å². The van der Waals surface area contributed by atoms with Gasteiger partial charge in [0.2, 0.25) is 0 Å². The third kappa shape index (κ3) is 3.88. The van der Waals surface area contributed by atoms with E-state index in [1.807, 2.05) is 31.4 Å². The molecule has 116 valence electrons. The van der Waals surface area contributed by atoms with Gasteiger partial charge < -0.3 is 19.3 Å². The predicted octanol–water partition coefficient (Wildman–Crippen LogP) is 1.76. The van der Waals surface area contributed by atoms with Gasteiger partial charge in [-0.15, -0.1) is 0 Å². The number of hydrogen-bond donors (Lipinski definition) is 1. The Labute approximate surface area is 128 Å². The lowest BCUT2D eigenvalue weighted by molar-refractivity contribution is -0.139. The molecule has 1 aromatic carbocycles. The Balaban J connectivity index is 1.97. The van der Waals surface area contributed by atoms with Crippen molar-refractivity contribution in [2.75, 3.05) is 13.7 Å². The number of carboxylic acids is 1. The van der Waals surface area contributed by atoms with Gasteiger partial charge in [0.1, 0.15) is 11.4 Å². The highest BCUT2D eigenvalue weighted by Gasteiger charge is 2.14. The number of carbonyl (C=O) groups is 2. The molecule has 0 fully saturated rings. The molecule has 0 aliphatic heterocycles. The SMILES string of the molecule is CN(Cc1ccc(OCC(=O)O)cc1)C(=O)c1cccn1C. The lowest BCUT2D eigenvalue weighted by Gasteiger charge is -2.18. The van der Waals surface area contributed by atoms with E-state index >= 15 is 0 Å². The molecular weight excluding hydrogens is 284 g/mol. The Morgan fingerprint density at radius 3 is 2.45 bits per heavy atom. The monoisotopic (exact) mass is 302 g/mol. The van der Waals surface area contributed by atoms with Crippen molar-refractivity contribution in [3.05, 3.63) is 53.9 Å². The van der Waals surface area contributed by atoms with Crippen LogP contribution in [0.5, 0.6) is 5.75 Å². The van der Waals surface area contributed by atoms with Crippen molar-refractivity contribution in [2.45, 2.75) is 6.54 Å². The fraction of sp³-hybridized carbons (Fsp3) is 0.250. The van der Waals surface area contributed by atoms with Crippen LogP contribution in [0.2, 0.25) is 0 Å². The summed E-state index contributed by atoms with van der Waals surface area (Å²) >= 11 is 0. The van der Waals surface area contributed by atoms with E-state index in [4.69, 9.17) is 9.84 Å². The van der Waals surface area contributed by atoms with E-state index in [9.17, 15) is 9.59 Å². The number of benzene rings is 1. The third-order valence-electron chi connectivity index (χ3n) is 3.21. The molecule has 6 nitrogen and oxygen atoms in total. The second kappa shape index (κ2) is 6.80. The quantitative estimate of drug-likeness (QED) is 0.882. The molecule has 0 saturated heterocycles. The summed E-state index contributed by atoms with van der Waals surface area (Å²) in [5.74, 6) is -0.585. The van der Waals surface area contributed by atoms with Crippen LogP contribution in [0.4, 0.5) is 0 Å². The van der Waals surface area contributed by atoms with Gasteiger partial charge in [0.15, 0.2) is 6.61 Å². The molecule has 0 saturated carbocycles. The van der Waals surface area contributed by atoms with E-state index in [0.717, 1.165) is 5.56 Å². The molecule has 0 unspecified atom stereocenters. The molecule has 1 amide bonds. The van der Waals surface area contributed by atoms with E-state index in [1.165, 1.54) is 0 Å². The van der Waals surface area contributed by atoms with Crippen molar-refractivity contribution in [3.63, 3.8) is 0 Å². The summed E-state index contributed by atoms with van der Waals surface area (Å²) in [5.41, 5.74) is 1.57. The van der Waals surface area contributed by atoms with Gasteiger partial charge in [0, 0.05) is 26.8 Å². The molecule has 0 aliphatic carbocycles. The van der Waals surface area contributed by atoms with Crippen LogP contribution in [0.15, 0.2) is 42.6 Å². The molecule has 2 aromatic rings. The Kier molecular flexibility index (Phi) is 4.83. The highest BCUT2D eigenvalue weighted by atomic mass is 16.5. The average Bonchev–Trinajstić information content (AvgIpc) is 2.91. The molecule has 22 heavy (non-hydrogen) atoms. The molecule has 0 radical (unpaired) electrons. The molecule has 1 heterocycles. The molecule has 1 N–H and O–H groups in total. The van der Waals surface area contributed by atoms with Crippen molar-refractivity contribution in [1.29, 1.82) is 0 Å². The summed E-state index contributed by atoms with van der Waals surface area (Å²) in [6.07, 6.45) is 1.83. The van der Waals surface area contributed by atoms with Crippen LogP contribution in [0.1, 0.15) is 16.1 Å². The van der Waals surface area contributed by atoms with Crippen LogP contribution in [-0.4, -0.2) is 40.1 Å². The maximum Gasteiger partial charge on any atom is 0.341 e. The van der Waals surface area contributed by atoms with E-state index < -0.39 is 5.97 Å². The van der Waals surface area contributed by atoms with Gasteiger partial charge in [-0.25, -0.2) is 4.79 Å². The largest absolute Gasteiger partial charge is 0.482 e. The van der Waals surface area contributed by atoms with Crippen molar-refractivity contribution in [1.82, 2.24) is 9.47 Å². The number of aromatic nitrogens is 1. The number of carboxylic acid groups (broad SMARTS) is 1. The number of aryl methyl sites for hydroxylation is 1. The predicted molar refractivity (Wildman–Crippen MR) is 80.8 cm³/mol. The van der Waals surface area contributed by atoms with Gasteiger partial charge in [-0.2, -0.15) is 0 Å². The number of rotatable bonds is 6. The van der Waals surface area contributed by atoms with Crippen LogP contribution < -0.4 is 4.74 Å². The standard InChI is InChI=1S/C16H18N2O4/c1-17-9-3-4-14(17)16(21)18(2)10-12-5-7-13(8-6-12)22-11-15(19)20/h3-9H,10-11H2,1-2H3,(H,19,20). The molecule has 0 bridgehead atoms. The van der Waals surface area contributed by atoms with Gasteiger partial charge in [-0.05, 0) is 29.8 Å². The maximum atomic E-state index is 12.3. The number of nitrogens with zero attached hydrogens (tertiary/aromatic N) is 2. The smallest absolute Gasteiger partial charge is 0.341 e. The van der Waals surface area contributed by atoms with Crippen molar-refractivity contribution >= 4 is 11.9 Å². The first-order valence-corrected chi connectivity index (χ1v) is 6.77. The Morgan fingerprint density at radius 1 is 1.23 bits per heavy atom. The summed E-state index contributed by atoms with van der Waals surface area (Å²) < 4.78 is 6.85. The highest BCUT2D eigenvalue weighted by molar-refractivity contribution is 5.92. The van der Waals surface area contributed by atoms with E-state index in [1.54, 1.807) is 34.7 Å². The zero-order chi connectivity index (χ0) is 16.1. The van der Waals surface area contributed by atoms with E-state index in [-0.39, 0.29) is 12.5 Å². The molecule has 0 spiro atoms. The number of carbonyl (C=O) groups excluding carboxylic acids is 1. The Morgan fingerprint density at radius 2 is 1.91 bits per heavy atom. The summed E-state index contributed by atoms with van der Waals surface area (Å²) in [6.45, 7) is 0.0917. The zero-order valence-electron chi connectivity index (χ0n) is 12.5. The third-order valence-corrected chi connectivity index (χ3v) is 3.21. The molecular formula is C16H18N2O4. The maximum absolute atomic E-state index is 12.3. The first-order valence-electron chi connectivity index (χ1n) is 6.77. The van der Waals surface area contributed by atoms with E-state index in [0.29, 0.717) is 18.0 Å². The highest BCUT2D eigenvalue weighted by Crippen LogP contribution is 2.14. The number of aliphatic carboxylic acids is 1. The molecule has 1 aromatic heterocycles. The van der Waals surface area contributed by atoms with Crippen LogP contribution in [0.25, 0.3) is 0 Å². The summed E-state index contributed by atoms with van der Waals surface area (Å²) in [5, 5.41) is 8.55. The molecule has 0 atom stereocenters. The fourth-order valence-electron chi connectivity index (χ4n) is 2.06. The van der Waals surface area contributed by atoms with Gasteiger partial charge >= 0.3 is 5.97 Å².